The number of nitrogens with zero attached hydrogens (tertiary/aromatic N) is 2. The van der Waals surface area contributed by atoms with Crippen LogP contribution in [0.4, 0.5) is 0 Å². The molecule has 0 spiro atoms. The van der Waals surface area contributed by atoms with E-state index in [1.807, 2.05) is 31.0 Å². The van der Waals surface area contributed by atoms with E-state index >= 15 is 0 Å². The zero-order valence-electron chi connectivity index (χ0n) is 10.3. The van der Waals surface area contributed by atoms with Crippen molar-refractivity contribution in [3.63, 3.8) is 0 Å². The van der Waals surface area contributed by atoms with Gasteiger partial charge in [-0.25, -0.2) is 0 Å². The summed E-state index contributed by atoms with van der Waals surface area (Å²) in [5.74, 6) is 0. The molecule has 0 fully saturated rings. The molecule has 0 aliphatic rings. The molecule has 2 aromatic rings. The molecule has 0 amide bonds. The predicted octanol–water partition coefficient (Wildman–Crippen LogP) is 3.45. The number of aromatic nitrogens is 2. The summed E-state index contributed by atoms with van der Waals surface area (Å²) in [5.41, 5.74) is 2.45. The minimum Gasteiger partial charge on any atom is -0.311 e. The van der Waals surface area contributed by atoms with Gasteiger partial charge in [0.2, 0.25) is 0 Å². The molecular formula is C13H15Br2N3. The Morgan fingerprint density at radius 2 is 2.17 bits per heavy atom. The van der Waals surface area contributed by atoms with Crippen LogP contribution in [0.3, 0.4) is 0 Å². The fourth-order valence-corrected chi connectivity index (χ4v) is 3.12. The van der Waals surface area contributed by atoms with Crippen molar-refractivity contribution in [3.05, 3.63) is 50.7 Å². The topological polar surface area (TPSA) is 29.9 Å². The Kier molecular flexibility index (Phi) is 4.59. The van der Waals surface area contributed by atoms with E-state index in [0.717, 1.165) is 21.1 Å². The van der Waals surface area contributed by atoms with Gasteiger partial charge < -0.3 is 5.32 Å². The van der Waals surface area contributed by atoms with Gasteiger partial charge in [0.25, 0.3) is 0 Å². The Morgan fingerprint density at radius 1 is 1.39 bits per heavy atom. The molecule has 2 rings (SSSR count). The number of benzene rings is 1. The van der Waals surface area contributed by atoms with Gasteiger partial charge in [0, 0.05) is 11.5 Å². The quantitative estimate of drug-likeness (QED) is 0.890. The van der Waals surface area contributed by atoms with Crippen molar-refractivity contribution >= 4 is 31.9 Å². The SMILES string of the molecule is CNC(Cc1cccc(Br)c1)c1c(Br)cnn1C. The molecular weight excluding hydrogens is 358 g/mol. The van der Waals surface area contributed by atoms with Crippen molar-refractivity contribution < 1.29 is 0 Å². The molecule has 96 valence electrons. The fraction of sp³-hybridized carbons (Fsp3) is 0.308. The molecule has 0 aliphatic heterocycles. The zero-order valence-corrected chi connectivity index (χ0v) is 13.5. The number of hydrogen-bond acceptors (Lipinski definition) is 2. The summed E-state index contributed by atoms with van der Waals surface area (Å²) >= 11 is 7.06. The Hall–Kier alpha value is -0.650. The lowest BCUT2D eigenvalue weighted by Gasteiger charge is -2.17. The minimum atomic E-state index is 0.237. The van der Waals surface area contributed by atoms with Gasteiger partial charge in [-0.15, -0.1) is 0 Å². The predicted molar refractivity (Wildman–Crippen MR) is 80.6 cm³/mol. The third-order valence-corrected chi connectivity index (χ3v) is 4.05. The first-order valence-electron chi connectivity index (χ1n) is 5.71. The highest BCUT2D eigenvalue weighted by atomic mass is 79.9. The van der Waals surface area contributed by atoms with E-state index in [9.17, 15) is 0 Å². The summed E-state index contributed by atoms with van der Waals surface area (Å²) in [4.78, 5) is 0. The van der Waals surface area contributed by atoms with E-state index in [1.54, 1.807) is 0 Å². The normalized spacial score (nSPS) is 12.7. The summed E-state index contributed by atoms with van der Waals surface area (Å²) in [6.45, 7) is 0. The van der Waals surface area contributed by atoms with Crippen molar-refractivity contribution in [1.29, 1.82) is 0 Å². The second-order valence-corrected chi connectivity index (χ2v) is 5.95. The number of nitrogens with one attached hydrogen (secondary N) is 1. The van der Waals surface area contributed by atoms with Crippen LogP contribution in [-0.2, 0) is 13.5 Å². The second kappa shape index (κ2) is 5.99. The van der Waals surface area contributed by atoms with Crippen molar-refractivity contribution in [3.8, 4) is 0 Å². The molecule has 1 N–H and O–H groups in total. The summed E-state index contributed by atoms with van der Waals surface area (Å²) < 4.78 is 4.06. The maximum Gasteiger partial charge on any atom is 0.0695 e. The lowest BCUT2D eigenvalue weighted by atomic mass is 10.0. The largest absolute Gasteiger partial charge is 0.311 e. The van der Waals surface area contributed by atoms with E-state index in [2.05, 4.69) is 60.5 Å². The highest BCUT2D eigenvalue weighted by molar-refractivity contribution is 9.10. The van der Waals surface area contributed by atoms with E-state index < -0.39 is 0 Å². The van der Waals surface area contributed by atoms with Gasteiger partial charge in [-0.1, -0.05) is 28.1 Å². The molecule has 0 saturated heterocycles. The maximum absolute atomic E-state index is 4.26. The van der Waals surface area contributed by atoms with Crippen LogP contribution in [-0.4, -0.2) is 16.8 Å². The maximum atomic E-state index is 4.26. The van der Waals surface area contributed by atoms with Crippen molar-refractivity contribution in [2.45, 2.75) is 12.5 Å². The number of rotatable bonds is 4. The van der Waals surface area contributed by atoms with E-state index in [4.69, 9.17) is 0 Å². The van der Waals surface area contributed by atoms with Crippen LogP contribution < -0.4 is 5.32 Å². The van der Waals surface area contributed by atoms with Crippen molar-refractivity contribution in [2.24, 2.45) is 7.05 Å². The first-order chi connectivity index (χ1) is 8.61. The molecule has 1 aromatic carbocycles. The molecule has 0 radical (unpaired) electrons. The summed E-state index contributed by atoms with van der Waals surface area (Å²) in [6.07, 6.45) is 2.76. The highest BCUT2D eigenvalue weighted by Crippen LogP contribution is 2.26. The summed E-state index contributed by atoms with van der Waals surface area (Å²) in [5, 5.41) is 7.61. The smallest absolute Gasteiger partial charge is 0.0695 e. The van der Waals surface area contributed by atoms with E-state index in [1.165, 1.54) is 5.56 Å². The molecule has 18 heavy (non-hydrogen) atoms. The van der Waals surface area contributed by atoms with Gasteiger partial charge in [-0.2, -0.15) is 5.10 Å². The zero-order chi connectivity index (χ0) is 13.1. The van der Waals surface area contributed by atoms with Crippen LogP contribution in [0.1, 0.15) is 17.3 Å². The molecule has 1 heterocycles. The summed E-state index contributed by atoms with van der Waals surface area (Å²) in [6, 6.07) is 8.62. The van der Waals surface area contributed by atoms with Crippen LogP contribution in [0, 0.1) is 0 Å². The number of hydrogen-bond donors (Lipinski definition) is 1. The molecule has 1 atom stereocenters. The highest BCUT2D eigenvalue weighted by Gasteiger charge is 2.17. The van der Waals surface area contributed by atoms with Crippen LogP contribution >= 0.6 is 31.9 Å². The summed E-state index contributed by atoms with van der Waals surface area (Å²) in [7, 11) is 3.94. The fourth-order valence-electron chi connectivity index (χ4n) is 2.05. The van der Waals surface area contributed by atoms with Gasteiger partial charge in [-0.3, -0.25) is 4.68 Å². The third kappa shape index (κ3) is 3.02. The Morgan fingerprint density at radius 3 is 2.72 bits per heavy atom. The Bertz CT molecular complexity index is 517. The molecule has 0 aliphatic carbocycles. The molecule has 0 saturated carbocycles. The standard InChI is InChI=1S/C13H15Br2N3/c1-16-12(13-11(15)8-17-18(13)2)7-9-4-3-5-10(14)6-9/h3-6,8,12,16H,7H2,1-2H3. The first kappa shape index (κ1) is 13.8. The van der Waals surface area contributed by atoms with Crippen LogP contribution in [0.5, 0.6) is 0 Å². The van der Waals surface area contributed by atoms with Gasteiger partial charge in [0.05, 0.1) is 22.4 Å². The third-order valence-electron chi connectivity index (χ3n) is 2.95. The lowest BCUT2D eigenvalue weighted by Crippen LogP contribution is -2.22. The van der Waals surface area contributed by atoms with Crippen molar-refractivity contribution in [2.75, 3.05) is 7.05 Å². The van der Waals surface area contributed by atoms with Gasteiger partial charge in [0.15, 0.2) is 0 Å². The monoisotopic (exact) mass is 371 g/mol. The number of halogens is 2. The lowest BCUT2D eigenvalue weighted by molar-refractivity contribution is 0.535. The van der Waals surface area contributed by atoms with Gasteiger partial charge in [0.1, 0.15) is 0 Å². The van der Waals surface area contributed by atoms with Crippen LogP contribution in [0.25, 0.3) is 0 Å². The molecule has 1 unspecified atom stereocenters. The van der Waals surface area contributed by atoms with Crippen LogP contribution in [0.15, 0.2) is 39.4 Å². The van der Waals surface area contributed by atoms with Crippen molar-refractivity contribution in [1.82, 2.24) is 15.1 Å². The van der Waals surface area contributed by atoms with E-state index in [0.29, 0.717) is 0 Å². The second-order valence-electron chi connectivity index (χ2n) is 4.18. The average molecular weight is 373 g/mol. The molecule has 5 heteroatoms. The van der Waals surface area contributed by atoms with Crippen LogP contribution in [0.2, 0.25) is 0 Å². The number of likely N-dealkylation sites (N-methyl/N-ethyl adjacent to an activating group) is 1. The number of aryl methyl sites for hydroxylation is 1. The minimum absolute atomic E-state index is 0.237. The first-order valence-corrected chi connectivity index (χ1v) is 7.29. The van der Waals surface area contributed by atoms with Gasteiger partial charge >= 0.3 is 0 Å². The average Bonchev–Trinajstić information content (AvgIpc) is 2.67. The molecule has 1 aromatic heterocycles. The Balaban J connectivity index is 2.25. The molecule has 3 nitrogen and oxygen atoms in total. The molecule has 0 bridgehead atoms. The van der Waals surface area contributed by atoms with Gasteiger partial charge in [-0.05, 0) is 47.1 Å². The Labute approximate surface area is 124 Å². The van der Waals surface area contributed by atoms with E-state index in [-0.39, 0.29) is 6.04 Å².